The molecule has 0 spiro atoms. The van der Waals surface area contributed by atoms with Gasteiger partial charge in [-0.15, -0.1) is 0 Å². The lowest BCUT2D eigenvalue weighted by Gasteiger charge is -2.35. The quantitative estimate of drug-likeness (QED) is 0.799. The third-order valence-corrected chi connectivity index (χ3v) is 3.59. The predicted octanol–water partition coefficient (Wildman–Crippen LogP) is 0.640. The molecule has 1 saturated heterocycles. The van der Waals surface area contributed by atoms with Crippen LogP contribution in [0.3, 0.4) is 0 Å². The summed E-state index contributed by atoms with van der Waals surface area (Å²) in [5, 5.41) is 18.3. The fourth-order valence-electron chi connectivity index (χ4n) is 2.54. The lowest BCUT2D eigenvalue weighted by molar-refractivity contribution is -0.139. The number of β-amino-alcohol motifs (C(OH)–C–C–N with tert-alkyl or cyclic N) is 1. The van der Waals surface area contributed by atoms with Crippen molar-refractivity contribution in [3.63, 3.8) is 0 Å². The molecule has 1 aromatic carbocycles. The second-order valence-electron chi connectivity index (χ2n) is 5.31. The van der Waals surface area contributed by atoms with Crippen LogP contribution in [0.2, 0.25) is 0 Å². The Labute approximate surface area is 119 Å². The first-order valence-corrected chi connectivity index (χ1v) is 7.02. The SMILES string of the molecule is O=C(O)CC(O)CN1CCN(Cc2ccccc2)CC1. The molecule has 0 aliphatic carbocycles. The van der Waals surface area contributed by atoms with E-state index >= 15 is 0 Å². The van der Waals surface area contributed by atoms with Crippen molar-refractivity contribution in [2.24, 2.45) is 0 Å². The zero-order valence-corrected chi connectivity index (χ0v) is 11.6. The third-order valence-electron chi connectivity index (χ3n) is 3.59. The summed E-state index contributed by atoms with van der Waals surface area (Å²) in [6.07, 6.45) is -0.947. The van der Waals surface area contributed by atoms with Crippen LogP contribution in [0, 0.1) is 0 Å². The van der Waals surface area contributed by atoms with E-state index in [1.165, 1.54) is 5.56 Å². The molecule has 1 aliphatic rings. The van der Waals surface area contributed by atoms with Crippen LogP contribution in [0.15, 0.2) is 30.3 Å². The lowest BCUT2D eigenvalue weighted by atomic mass is 10.2. The summed E-state index contributed by atoms with van der Waals surface area (Å²) >= 11 is 0. The molecule has 0 amide bonds. The van der Waals surface area contributed by atoms with E-state index in [0.29, 0.717) is 6.54 Å². The molecule has 0 radical (unpaired) electrons. The molecule has 1 atom stereocenters. The van der Waals surface area contributed by atoms with E-state index in [-0.39, 0.29) is 6.42 Å². The summed E-state index contributed by atoms with van der Waals surface area (Å²) < 4.78 is 0. The number of piperazine rings is 1. The highest BCUT2D eigenvalue weighted by atomic mass is 16.4. The maximum Gasteiger partial charge on any atom is 0.306 e. The monoisotopic (exact) mass is 278 g/mol. The van der Waals surface area contributed by atoms with Gasteiger partial charge >= 0.3 is 5.97 Å². The number of nitrogens with zero attached hydrogens (tertiary/aromatic N) is 2. The van der Waals surface area contributed by atoms with E-state index in [2.05, 4.69) is 21.9 Å². The molecule has 20 heavy (non-hydrogen) atoms. The van der Waals surface area contributed by atoms with Gasteiger partial charge < -0.3 is 10.2 Å². The van der Waals surface area contributed by atoms with E-state index < -0.39 is 12.1 Å². The van der Waals surface area contributed by atoms with Crippen LogP contribution in [0.25, 0.3) is 0 Å². The minimum Gasteiger partial charge on any atom is -0.481 e. The van der Waals surface area contributed by atoms with Gasteiger partial charge in [0.2, 0.25) is 0 Å². The molecular weight excluding hydrogens is 256 g/mol. The van der Waals surface area contributed by atoms with Crippen LogP contribution >= 0.6 is 0 Å². The third kappa shape index (κ3) is 4.92. The number of carbonyl (C=O) groups is 1. The van der Waals surface area contributed by atoms with Gasteiger partial charge in [0.05, 0.1) is 12.5 Å². The van der Waals surface area contributed by atoms with Crippen molar-refractivity contribution < 1.29 is 15.0 Å². The molecule has 1 aromatic rings. The second-order valence-corrected chi connectivity index (χ2v) is 5.31. The Morgan fingerprint density at radius 3 is 2.30 bits per heavy atom. The molecule has 5 nitrogen and oxygen atoms in total. The van der Waals surface area contributed by atoms with Gasteiger partial charge in [0, 0.05) is 39.3 Å². The largest absolute Gasteiger partial charge is 0.481 e. The number of rotatable bonds is 6. The average molecular weight is 278 g/mol. The molecule has 0 aromatic heterocycles. The fraction of sp³-hybridized carbons (Fsp3) is 0.533. The number of aliphatic hydroxyl groups is 1. The minimum absolute atomic E-state index is 0.176. The Morgan fingerprint density at radius 1 is 1.10 bits per heavy atom. The van der Waals surface area contributed by atoms with Gasteiger partial charge in [0.15, 0.2) is 0 Å². The summed E-state index contributed by atoms with van der Waals surface area (Å²) in [6.45, 7) is 5.06. The zero-order chi connectivity index (χ0) is 14.4. The molecule has 1 aliphatic heterocycles. The standard InChI is InChI=1S/C15H22N2O3/c18-14(10-15(19)20)12-17-8-6-16(7-9-17)11-13-4-2-1-3-5-13/h1-5,14,18H,6-12H2,(H,19,20). The first kappa shape index (κ1) is 15.0. The van der Waals surface area contributed by atoms with Crippen LogP contribution < -0.4 is 0 Å². The van der Waals surface area contributed by atoms with Gasteiger partial charge in [-0.05, 0) is 5.56 Å². The van der Waals surface area contributed by atoms with Gasteiger partial charge in [-0.25, -0.2) is 0 Å². The van der Waals surface area contributed by atoms with Gasteiger partial charge in [-0.1, -0.05) is 30.3 Å². The van der Waals surface area contributed by atoms with E-state index in [1.807, 2.05) is 18.2 Å². The van der Waals surface area contributed by atoms with Gasteiger partial charge in [-0.2, -0.15) is 0 Å². The molecule has 2 N–H and O–H groups in total. The lowest BCUT2D eigenvalue weighted by Crippen LogP contribution is -2.48. The molecule has 2 rings (SSSR count). The van der Waals surface area contributed by atoms with Crippen molar-refractivity contribution in [1.82, 2.24) is 9.80 Å². The summed E-state index contributed by atoms with van der Waals surface area (Å²) in [4.78, 5) is 15.0. The minimum atomic E-state index is -0.944. The molecule has 5 heteroatoms. The average Bonchev–Trinajstić information content (AvgIpc) is 2.41. The molecule has 110 valence electrons. The van der Waals surface area contributed by atoms with E-state index in [0.717, 1.165) is 32.7 Å². The first-order valence-electron chi connectivity index (χ1n) is 7.02. The van der Waals surface area contributed by atoms with Crippen LogP contribution in [0.5, 0.6) is 0 Å². The summed E-state index contributed by atoms with van der Waals surface area (Å²) in [6, 6.07) is 10.4. The summed E-state index contributed by atoms with van der Waals surface area (Å²) in [5.41, 5.74) is 1.31. The number of hydrogen-bond donors (Lipinski definition) is 2. The highest BCUT2D eigenvalue weighted by Gasteiger charge is 2.20. The molecule has 1 fully saturated rings. The van der Waals surface area contributed by atoms with Gasteiger partial charge in [-0.3, -0.25) is 14.6 Å². The number of carboxylic acids is 1. The topological polar surface area (TPSA) is 64.0 Å². The number of aliphatic hydroxyl groups excluding tert-OH is 1. The molecule has 1 heterocycles. The van der Waals surface area contributed by atoms with E-state index in [1.54, 1.807) is 0 Å². The maximum atomic E-state index is 10.5. The summed E-state index contributed by atoms with van der Waals surface area (Å²) in [5.74, 6) is -0.944. The van der Waals surface area contributed by atoms with E-state index in [4.69, 9.17) is 5.11 Å². The Hall–Kier alpha value is -1.43. The van der Waals surface area contributed by atoms with Crippen LogP contribution in [0.4, 0.5) is 0 Å². The fourth-order valence-corrected chi connectivity index (χ4v) is 2.54. The Kier molecular flexibility index (Phi) is 5.52. The second kappa shape index (κ2) is 7.38. The smallest absolute Gasteiger partial charge is 0.306 e. The summed E-state index contributed by atoms with van der Waals surface area (Å²) in [7, 11) is 0. The Bertz CT molecular complexity index is 416. The first-order chi connectivity index (χ1) is 9.63. The number of aliphatic carboxylic acids is 1. The van der Waals surface area contributed by atoms with Crippen molar-refractivity contribution in [3.05, 3.63) is 35.9 Å². The Morgan fingerprint density at radius 2 is 1.70 bits per heavy atom. The van der Waals surface area contributed by atoms with Crippen LogP contribution in [-0.2, 0) is 11.3 Å². The van der Waals surface area contributed by atoms with Crippen molar-refractivity contribution in [3.8, 4) is 0 Å². The van der Waals surface area contributed by atoms with Crippen LogP contribution in [-0.4, -0.2) is 64.8 Å². The zero-order valence-electron chi connectivity index (χ0n) is 11.6. The number of carboxylic acid groups (broad SMARTS) is 1. The van der Waals surface area contributed by atoms with Gasteiger partial charge in [0.25, 0.3) is 0 Å². The van der Waals surface area contributed by atoms with Crippen molar-refractivity contribution in [2.75, 3.05) is 32.7 Å². The predicted molar refractivity (Wildman–Crippen MR) is 76.4 cm³/mol. The highest BCUT2D eigenvalue weighted by Crippen LogP contribution is 2.09. The van der Waals surface area contributed by atoms with Gasteiger partial charge in [0.1, 0.15) is 0 Å². The number of benzene rings is 1. The molecule has 0 saturated carbocycles. The van der Waals surface area contributed by atoms with Crippen LogP contribution in [0.1, 0.15) is 12.0 Å². The molecule has 1 unspecified atom stereocenters. The van der Waals surface area contributed by atoms with Crippen molar-refractivity contribution in [1.29, 1.82) is 0 Å². The number of hydrogen-bond acceptors (Lipinski definition) is 4. The highest BCUT2D eigenvalue weighted by molar-refractivity contribution is 5.67. The maximum absolute atomic E-state index is 10.5. The van der Waals surface area contributed by atoms with Crippen molar-refractivity contribution in [2.45, 2.75) is 19.1 Å². The molecule has 0 bridgehead atoms. The van der Waals surface area contributed by atoms with E-state index in [9.17, 15) is 9.90 Å². The normalized spacial score (nSPS) is 18.9. The molecular formula is C15H22N2O3. The Balaban J connectivity index is 1.71. The van der Waals surface area contributed by atoms with Crippen molar-refractivity contribution >= 4 is 5.97 Å².